The molecule has 2 N–H and O–H groups in total. The van der Waals surface area contributed by atoms with Gasteiger partial charge in [-0.25, -0.2) is 4.98 Å². The predicted molar refractivity (Wildman–Crippen MR) is 61.8 cm³/mol. The van der Waals surface area contributed by atoms with Crippen LogP contribution in [0.15, 0.2) is 5.51 Å². The summed E-state index contributed by atoms with van der Waals surface area (Å²) < 4.78 is 38.4. The van der Waals surface area contributed by atoms with E-state index in [9.17, 15) is 13.2 Å². The summed E-state index contributed by atoms with van der Waals surface area (Å²) in [6, 6.07) is -2.60. The Kier molecular flexibility index (Phi) is 4.51. The molecule has 1 aromatic rings. The van der Waals surface area contributed by atoms with Crippen molar-refractivity contribution in [1.82, 2.24) is 9.88 Å². The van der Waals surface area contributed by atoms with Crippen LogP contribution in [0.2, 0.25) is 0 Å². The highest BCUT2D eigenvalue weighted by Crippen LogP contribution is 2.27. The van der Waals surface area contributed by atoms with Gasteiger partial charge in [0.1, 0.15) is 6.04 Å². The number of hydrogen-bond acceptors (Lipinski definition) is 4. The summed E-state index contributed by atoms with van der Waals surface area (Å²) >= 11 is 1.36. The van der Waals surface area contributed by atoms with Gasteiger partial charge >= 0.3 is 6.18 Å². The molecule has 17 heavy (non-hydrogen) atoms. The van der Waals surface area contributed by atoms with Crippen molar-refractivity contribution >= 4 is 11.3 Å². The number of nitrogens with two attached hydrogens (primary N) is 1. The number of thiazole rings is 1. The fourth-order valence-corrected chi connectivity index (χ4v) is 2.59. The molecule has 1 rings (SSSR count). The van der Waals surface area contributed by atoms with E-state index >= 15 is 0 Å². The molecule has 0 aliphatic heterocycles. The number of aryl methyl sites for hydroxylation is 1. The molecule has 0 aliphatic carbocycles. The van der Waals surface area contributed by atoms with Crippen LogP contribution in [0, 0.1) is 6.92 Å². The van der Waals surface area contributed by atoms with Crippen LogP contribution < -0.4 is 5.73 Å². The van der Waals surface area contributed by atoms with E-state index < -0.39 is 18.3 Å². The maximum Gasteiger partial charge on any atom is 0.405 e. The monoisotopic (exact) mass is 267 g/mol. The lowest BCUT2D eigenvalue weighted by Crippen LogP contribution is -2.53. The second kappa shape index (κ2) is 5.32. The number of halogens is 3. The first-order valence-electron chi connectivity index (χ1n) is 5.15. The first-order chi connectivity index (χ1) is 7.73. The van der Waals surface area contributed by atoms with Crippen molar-refractivity contribution in [3.05, 3.63) is 16.1 Å². The molecule has 0 saturated heterocycles. The highest BCUT2D eigenvalue weighted by atomic mass is 32.1. The Labute approximate surface area is 102 Å². The molecule has 0 aliphatic rings. The average molecular weight is 267 g/mol. The Morgan fingerprint density at radius 1 is 1.53 bits per heavy atom. The van der Waals surface area contributed by atoms with Gasteiger partial charge in [0.05, 0.1) is 11.2 Å². The lowest BCUT2D eigenvalue weighted by Gasteiger charge is -2.32. The number of aromatic nitrogens is 1. The third-order valence-corrected chi connectivity index (χ3v) is 3.47. The average Bonchev–Trinajstić information content (AvgIpc) is 2.48. The zero-order valence-corrected chi connectivity index (χ0v) is 10.8. The molecule has 0 saturated carbocycles. The summed E-state index contributed by atoms with van der Waals surface area (Å²) in [5.41, 5.74) is 7.82. The van der Waals surface area contributed by atoms with E-state index in [1.807, 2.05) is 0 Å². The van der Waals surface area contributed by atoms with Gasteiger partial charge in [-0.05, 0) is 20.9 Å². The fourth-order valence-electron chi connectivity index (χ4n) is 1.75. The Bertz CT molecular complexity index is 362. The van der Waals surface area contributed by atoms with Crippen molar-refractivity contribution in [3.63, 3.8) is 0 Å². The van der Waals surface area contributed by atoms with Crippen LogP contribution in [0.5, 0.6) is 0 Å². The highest BCUT2D eigenvalue weighted by molar-refractivity contribution is 7.09. The zero-order valence-electron chi connectivity index (χ0n) is 9.95. The third-order valence-electron chi connectivity index (χ3n) is 2.55. The molecular formula is C10H16F3N3S. The molecule has 0 amide bonds. The number of alkyl halides is 3. The number of nitrogens with zero attached hydrogens (tertiary/aromatic N) is 2. The van der Waals surface area contributed by atoms with Crippen LogP contribution in [0.1, 0.15) is 17.5 Å². The standard InChI is InChI=1S/C10H16F3N3S/c1-6(14)9(10(11,12)13)16(3)4-8-7(2)15-5-17-8/h5-6,9H,4,14H2,1-3H3. The maximum atomic E-state index is 12.8. The maximum absolute atomic E-state index is 12.8. The lowest BCUT2D eigenvalue weighted by atomic mass is 10.1. The van der Waals surface area contributed by atoms with E-state index in [-0.39, 0.29) is 6.54 Å². The van der Waals surface area contributed by atoms with Gasteiger partial charge in [0.25, 0.3) is 0 Å². The quantitative estimate of drug-likeness (QED) is 0.909. The second-order valence-corrected chi connectivity index (χ2v) is 5.06. The molecule has 0 bridgehead atoms. The summed E-state index contributed by atoms with van der Waals surface area (Å²) in [6.45, 7) is 3.37. The predicted octanol–water partition coefficient (Wildman–Crippen LogP) is 2.16. The Balaban J connectivity index is 2.80. The van der Waals surface area contributed by atoms with Crippen LogP contribution in [0.25, 0.3) is 0 Å². The van der Waals surface area contributed by atoms with Crippen molar-refractivity contribution in [1.29, 1.82) is 0 Å². The van der Waals surface area contributed by atoms with Crippen LogP contribution in [0.4, 0.5) is 13.2 Å². The largest absolute Gasteiger partial charge is 0.405 e. The minimum atomic E-state index is -4.32. The molecule has 2 atom stereocenters. The molecule has 2 unspecified atom stereocenters. The van der Waals surface area contributed by atoms with Crippen LogP contribution in [-0.4, -0.2) is 35.2 Å². The molecule has 1 aromatic heterocycles. The number of rotatable bonds is 4. The van der Waals surface area contributed by atoms with E-state index in [1.165, 1.54) is 30.2 Å². The van der Waals surface area contributed by atoms with Crippen LogP contribution >= 0.6 is 11.3 Å². The zero-order chi connectivity index (χ0) is 13.2. The molecule has 0 aromatic carbocycles. The lowest BCUT2D eigenvalue weighted by molar-refractivity contribution is -0.185. The van der Waals surface area contributed by atoms with E-state index in [4.69, 9.17) is 5.73 Å². The van der Waals surface area contributed by atoms with E-state index in [2.05, 4.69) is 4.98 Å². The highest BCUT2D eigenvalue weighted by Gasteiger charge is 2.44. The van der Waals surface area contributed by atoms with Gasteiger partial charge in [0.2, 0.25) is 0 Å². The molecule has 1 heterocycles. The third kappa shape index (κ3) is 3.65. The van der Waals surface area contributed by atoms with Crippen molar-refractivity contribution in [2.45, 2.75) is 38.7 Å². The van der Waals surface area contributed by atoms with Crippen molar-refractivity contribution < 1.29 is 13.2 Å². The summed E-state index contributed by atoms with van der Waals surface area (Å²) in [5, 5.41) is 0. The molecule has 7 heteroatoms. The van der Waals surface area contributed by atoms with Gasteiger partial charge < -0.3 is 5.73 Å². The summed E-state index contributed by atoms with van der Waals surface area (Å²) in [6.07, 6.45) is -4.32. The van der Waals surface area contributed by atoms with Crippen LogP contribution in [-0.2, 0) is 6.54 Å². The van der Waals surface area contributed by atoms with Crippen molar-refractivity contribution in [2.24, 2.45) is 5.73 Å². The molecule has 0 radical (unpaired) electrons. The summed E-state index contributed by atoms with van der Waals surface area (Å²) in [4.78, 5) is 6.08. The normalized spacial score (nSPS) is 16.2. The summed E-state index contributed by atoms with van der Waals surface area (Å²) in [7, 11) is 1.43. The molecule has 0 fully saturated rings. The first-order valence-corrected chi connectivity index (χ1v) is 6.03. The van der Waals surface area contributed by atoms with E-state index in [1.54, 1.807) is 12.4 Å². The summed E-state index contributed by atoms with van der Waals surface area (Å²) in [5.74, 6) is 0. The minimum absolute atomic E-state index is 0.211. The van der Waals surface area contributed by atoms with Crippen molar-refractivity contribution in [2.75, 3.05) is 7.05 Å². The second-order valence-electron chi connectivity index (χ2n) is 4.12. The number of likely N-dealkylation sites (N-methyl/N-ethyl adjacent to an activating group) is 1. The molecule has 98 valence electrons. The van der Waals surface area contributed by atoms with Gasteiger partial charge in [-0.1, -0.05) is 0 Å². The topological polar surface area (TPSA) is 42.2 Å². The fraction of sp³-hybridized carbons (Fsp3) is 0.700. The first kappa shape index (κ1) is 14.4. The molecule has 0 spiro atoms. The minimum Gasteiger partial charge on any atom is -0.326 e. The van der Waals surface area contributed by atoms with Gasteiger partial charge in [0, 0.05) is 17.5 Å². The molecule has 3 nitrogen and oxygen atoms in total. The SMILES string of the molecule is Cc1ncsc1CN(C)C(C(C)N)C(F)(F)F. The smallest absolute Gasteiger partial charge is 0.326 e. The van der Waals surface area contributed by atoms with Gasteiger partial charge in [-0.15, -0.1) is 11.3 Å². The van der Waals surface area contributed by atoms with Gasteiger partial charge in [0.15, 0.2) is 0 Å². The van der Waals surface area contributed by atoms with E-state index in [0.29, 0.717) is 0 Å². The Morgan fingerprint density at radius 3 is 2.47 bits per heavy atom. The van der Waals surface area contributed by atoms with Crippen molar-refractivity contribution in [3.8, 4) is 0 Å². The number of hydrogen-bond donors (Lipinski definition) is 1. The van der Waals surface area contributed by atoms with Gasteiger partial charge in [-0.3, -0.25) is 4.90 Å². The molecular weight excluding hydrogens is 251 g/mol. The Morgan fingerprint density at radius 2 is 2.12 bits per heavy atom. The van der Waals surface area contributed by atoms with E-state index in [0.717, 1.165) is 10.6 Å². The van der Waals surface area contributed by atoms with Gasteiger partial charge in [-0.2, -0.15) is 13.2 Å². The Hall–Kier alpha value is -0.660. The van der Waals surface area contributed by atoms with Crippen LogP contribution in [0.3, 0.4) is 0 Å².